The van der Waals surface area contributed by atoms with Crippen molar-refractivity contribution in [3.05, 3.63) is 98.4 Å². The molecule has 0 spiro atoms. The van der Waals surface area contributed by atoms with Gasteiger partial charge in [0, 0.05) is 42.0 Å². The van der Waals surface area contributed by atoms with E-state index >= 15 is 0 Å². The fraction of sp³-hybridized carbons (Fsp3) is 0.355. The van der Waals surface area contributed by atoms with E-state index in [1.54, 1.807) is 11.0 Å². The third kappa shape index (κ3) is 10.3. The number of nitrogens with zero attached hydrogens (tertiary/aromatic N) is 2. The van der Waals surface area contributed by atoms with E-state index in [4.69, 9.17) is 23.2 Å². The summed E-state index contributed by atoms with van der Waals surface area (Å²) in [6.45, 7) is 4.73. The van der Waals surface area contributed by atoms with E-state index in [0.717, 1.165) is 26.2 Å². The highest BCUT2D eigenvalue weighted by molar-refractivity contribution is 9.10. The average Bonchev–Trinajstić information content (AvgIpc) is 2.94. The van der Waals surface area contributed by atoms with Crippen LogP contribution in [0.3, 0.4) is 0 Å². The lowest BCUT2D eigenvalue weighted by atomic mass is 10.0. The van der Waals surface area contributed by atoms with Crippen molar-refractivity contribution in [2.45, 2.75) is 45.7 Å². The molecule has 1 N–H and O–H groups in total. The molecule has 0 aliphatic heterocycles. The van der Waals surface area contributed by atoms with E-state index in [0.29, 0.717) is 18.0 Å². The Balaban J connectivity index is 1.89. The van der Waals surface area contributed by atoms with E-state index in [9.17, 15) is 18.0 Å². The first-order valence-corrected chi connectivity index (χ1v) is 17.0. The Morgan fingerprint density at radius 3 is 2.24 bits per heavy atom. The molecule has 0 fully saturated rings. The normalized spacial score (nSPS) is 12.2. The lowest BCUT2D eigenvalue weighted by Crippen LogP contribution is -2.51. The number of sulfonamides is 1. The fourth-order valence-electron chi connectivity index (χ4n) is 4.42. The molecular formula is C31H36BrCl2N3O4S. The zero-order valence-electron chi connectivity index (χ0n) is 23.9. The summed E-state index contributed by atoms with van der Waals surface area (Å²) in [5.74, 6) is -0.257. The van der Waals surface area contributed by atoms with Crippen molar-refractivity contribution in [1.29, 1.82) is 0 Å². The SMILES string of the molecule is CC(C)CNC(=O)[C@H](Cc1ccccc1)N(Cc1ccc(Br)cc1)C(=O)CCCN(c1cc(Cl)ccc1Cl)S(C)(=O)=O. The van der Waals surface area contributed by atoms with Gasteiger partial charge in [-0.05, 0) is 53.8 Å². The number of nitrogens with one attached hydrogen (secondary N) is 1. The molecule has 0 aromatic heterocycles. The molecule has 0 heterocycles. The fourth-order valence-corrected chi connectivity index (χ4v) is 6.09. The van der Waals surface area contributed by atoms with E-state index < -0.39 is 16.1 Å². The lowest BCUT2D eigenvalue weighted by molar-refractivity contribution is -0.141. The highest BCUT2D eigenvalue weighted by atomic mass is 79.9. The van der Waals surface area contributed by atoms with Crippen molar-refractivity contribution in [2.75, 3.05) is 23.7 Å². The maximum Gasteiger partial charge on any atom is 0.243 e. The van der Waals surface area contributed by atoms with Crippen LogP contribution in [0.1, 0.15) is 37.8 Å². The highest BCUT2D eigenvalue weighted by Gasteiger charge is 2.31. The van der Waals surface area contributed by atoms with Crippen LogP contribution in [0, 0.1) is 5.92 Å². The van der Waals surface area contributed by atoms with Crippen molar-refractivity contribution in [3.8, 4) is 0 Å². The minimum Gasteiger partial charge on any atom is -0.354 e. The molecule has 11 heteroatoms. The number of halogens is 3. The van der Waals surface area contributed by atoms with Crippen LogP contribution in [-0.4, -0.2) is 50.5 Å². The summed E-state index contributed by atoms with van der Waals surface area (Å²) < 4.78 is 27.4. The van der Waals surface area contributed by atoms with Gasteiger partial charge in [0.1, 0.15) is 6.04 Å². The maximum atomic E-state index is 13.9. The van der Waals surface area contributed by atoms with Crippen LogP contribution in [0.2, 0.25) is 10.0 Å². The van der Waals surface area contributed by atoms with Gasteiger partial charge in [0.2, 0.25) is 21.8 Å². The van der Waals surface area contributed by atoms with Crippen molar-refractivity contribution in [2.24, 2.45) is 5.92 Å². The summed E-state index contributed by atoms with van der Waals surface area (Å²) in [4.78, 5) is 29.1. The minimum absolute atomic E-state index is 0.0135. The predicted octanol–water partition coefficient (Wildman–Crippen LogP) is 6.71. The molecule has 1 atom stereocenters. The number of hydrogen-bond donors (Lipinski definition) is 1. The first-order chi connectivity index (χ1) is 19.8. The summed E-state index contributed by atoms with van der Waals surface area (Å²) in [5, 5.41) is 3.58. The number of hydrogen-bond acceptors (Lipinski definition) is 4. The number of rotatable bonds is 14. The third-order valence-electron chi connectivity index (χ3n) is 6.55. The molecule has 3 aromatic rings. The van der Waals surface area contributed by atoms with Gasteiger partial charge in [-0.15, -0.1) is 0 Å². The summed E-state index contributed by atoms with van der Waals surface area (Å²) >= 11 is 15.9. The zero-order chi connectivity index (χ0) is 30.9. The standard InChI is InChI=1S/C31H36BrCl2N3O4S/c1-22(2)20-35-31(39)29(18-23-8-5-4-6-9-23)36(21-24-11-13-25(32)14-12-24)30(38)10-7-17-37(42(3,40)41)28-19-26(33)15-16-27(28)34/h4-6,8-9,11-16,19,22,29H,7,10,17-18,20-21H2,1-3H3,(H,35,39)/t29-/m0/s1. The topological polar surface area (TPSA) is 86.8 Å². The van der Waals surface area contributed by atoms with Gasteiger partial charge in [0.15, 0.2) is 0 Å². The van der Waals surface area contributed by atoms with E-state index in [-0.39, 0.29) is 54.4 Å². The lowest BCUT2D eigenvalue weighted by Gasteiger charge is -2.32. The van der Waals surface area contributed by atoms with Crippen LogP contribution in [0.25, 0.3) is 0 Å². The number of carbonyl (C=O) groups is 2. The number of carbonyl (C=O) groups excluding carboxylic acids is 2. The second-order valence-corrected chi connectivity index (χ2v) is 14.2. The monoisotopic (exact) mass is 695 g/mol. The molecule has 0 radical (unpaired) electrons. The van der Waals surface area contributed by atoms with Gasteiger partial charge in [-0.25, -0.2) is 8.42 Å². The summed E-state index contributed by atoms with van der Waals surface area (Å²) in [6, 6.07) is 21.0. The molecular weight excluding hydrogens is 661 g/mol. The molecule has 42 heavy (non-hydrogen) atoms. The Morgan fingerprint density at radius 2 is 1.62 bits per heavy atom. The van der Waals surface area contributed by atoms with Crippen molar-refractivity contribution in [3.63, 3.8) is 0 Å². The van der Waals surface area contributed by atoms with Gasteiger partial charge in [-0.2, -0.15) is 0 Å². The van der Waals surface area contributed by atoms with E-state index in [2.05, 4.69) is 21.2 Å². The van der Waals surface area contributed by atoms with Crippen LogP contribution in [-0.2, 0) is 32.6 Å². The first kappa shape index (κ1) is 33.9. The average molecular weight is 698 g/mol. The Kier molecular flexibility index (Phi) is 12.7. The van der Waals surface area contributed by atoms with Gasteiger partial charge in [0.25, 0.3) is 0 Å². The predicted molar refractivity (Wildman–Crippen MR) is 174 cm³/mol. The largest absolute Gasteiger partial charge is 0.354 e. The quantitative estimate of drug-likeness (QED) is 0.203. The van der Waals surface area contributed by atoms with E-state index in [1.165, 1.54) is 12.1 Å². The Morgan fingerprint density at radius 1 is 0.952 bits per heavy atom. The Bertz CT molecular complexity index is 1450. The van der Waals surface area contributed by atoms with Gasteiger partial charge >= 0.3 is 0 Å². The van der Waals surface area contributed by atoms with Crippen LogP contribution in [0.15, 0.2) is 77.3 Å². The van der Waals surface area contributed by atoms with E-state index in [1.807, 2.05) is 68.4 Å². The molecule has 0 aliphatic carbocycles. The number of amides is 2. The van der Waals surface area contributed by atoms with Crippen LogP contribution in [0.5, 0.6) is 0 Å². The molecule has 0 saturated carbocycles. The summed E-state index contributed by atoms with van der Waals surface area (Å²) in [7, 11) is -3.72. The smallest absolute Gasteiger partial charge is 0.243 e. The van der Waals surface area contributed by atoms with Crippen LogP contribution >= 0.6 is 39.1 Å². The third-order valence-corrected chi connectivity index (χ3v) is 8.81. The second kappa shape index (κ2) is 15.8. The van der Waals surface area contributed by atoms with Gasteiger partial charge in [-0.3, -0.25) is 13.9 Å². The molecule has 0 unspecified atom stereocenters. The highest BCUT2D eigenvalue weighted by Crippen LogP contribution is 2.31. The summed E-state index contributed by atoms with van der Waals surface area (Å²) in [5.41, 5.74) is 2.04. The molecule has 0 aliphatic rings. The zero-order valence-corrected chi connectivity index (χ0v) is 27.8. The molecule has 0 bridgehead atoms. The second-order valence-electron chi connectivity index (χ2n) is 10.5. The van der Waals surface area contributed by atoms with Gasteiger partial charge in [0.05, 0.1) is 17.0 Å². The molecule has 3 rings (SSSR count). The van der Waals surface area contributed by atoms with Gasteiger partial charge in [-0.1, -0.05) is 95.4 Å². The molecule has 2 amide bonds. The van der Waals surface area contributed by atoms with Crippen LogP contribution in [0.4, 0.5) is 5.69 Å². The van der Waals surface area contributed by atoms with Crippen molar-refractivity contribution in [1.82, 2.24) is 10.2 Å². The Hall–Kier alpha value is -2.59. The molecule has 0 saturated heterocycles. The van der Waals surface area contributed by atoms with Crippen LogP contribution < -0.4 is 9.62 Å². The van der Waals surface area contributed by atoms with Crippen molar-refractivity contribution < 1.29 is 18.0 Å². The molecule has 3 aromatic carbocycles. The molecule has 7 nitrogen and oxygen atoms in total. The van der Waals surface area contributed by atoms with Crippen molar-refractivity contribution >= 4 is 66.7 Å². The molecule has 226 valence electrons. The minimum atomic E-state index is -3.72. The number of benzene rings is 3. The maximum absolute atomic E-state index is 13.9. The Labute approximate surface area is 267 Å². The first-order valence-electron chi connectivity index (χ1n) is 13.6. The number of anilines is 1. The summed E-state index contributed by atoms with van der Waals surface area (Å²) in [6.07, 6.45) is 1.64. The van der Waals surface area contributed by atoms with Gasteiger partial charge < -0.3 is 10.2 Å².